The molecule has 3 aromatic rings. The summed E-state index contributed by atoms with van der Waals surface area (Å²) in [4.78, 5) is 12.4. The minimum Gasteiger partial charge on any atom is -0.504 e. The highest BCUT2D eigenvalue weighted by atomic mass is 16.6. The molecule has 26 heavy (non-hydrogen) atoms. The van der Waals surface area contributed by atoms with E-state index in [1.807, 2.05) is 36.4 Å². The summed E-state index contributed by atoms with van der Waals surface area (Å²) < 4.78 is 11.0. The fourth-order valence-corrected chi connectivity index (χ4v) is 2.49. The second-order valence-corrected chi connectivity index (χ2v) is 5.51. The number of ether oxygens (including phenoxy) is 2. The Labute approximate surface area is 151 Å². The van der Waals surface area contributed by atoms with Crippen LogP contribution < -0.4 is 9.47 Å². The van der Waals surface area contributed by atoms with Crippen molar-refractivity contribution in [3.05, 3.63) is 91.0 Å². The predicted molar refractivity (Wildman–Crippen MR) is 101 cm³/mol. The van der Waals surface area contributed by atoms with Crippen molar-refractivity contribution >= 4 is 5.97 Å². The van der Waals surface area contributed by atoms with E-state index in [0.717, 1.165) is 5.56 Å². The zero-order valence-corrected chi connectivity index (χ0v) is 14.1. The lowest BCUT2D eigenvalue weighted by molar-refractivity contribution is 0.0723. The van der Waals surface area contributed by atoms with Crippen LogP contribution in [0.3, 0.4) is 0 Å². The van der Waals surface area contributed by atoms with Crippen molar-refractivity contribution in [2.75, 3.05) is 6.61 Å². The second kappa shape index (κ2) is 8.03. The Morgan fingerprint density at radius 3 is 2.27 bits per heavy atom. The number of benzene rings is 3. The molecule has 0 saturated heterocycles. The molecule has 3 aromatic carbocycles. The first-order valence-corrected chi connectivity index (χ1v) is 8.13. The third-order valence-electron chi connectivity index (χ3n) is 3.74. The lowest BCUT2D eigenvalue weighted by Gasteiger charge is -2.15. The van der Waals surface area contributed by atoms with Crippen LogP contribution in [-0.4, -0.2) is 17.7 Å². The molecule has 0 amide bonds. The number of phenolic OH excluding ortho intramolecular Hbond substituents is 1. The molecule has 0 spiro atoms. The maximum absolute atomic E-state index is 12.4. The summed E-state index contributed by atoms with van der Waals surface area (Å²) in [5.74, 6) is -0.468. The zero-order valence-electron chi connectivity index (χ0n) is 14.1. The number of phenols is 1. The largest absolute Gasteiger partial charge is 0.504 e. The molecule has 0 saturated carbocycles. The predicted octanol–water partition coefficient (Wildman–Crippen LogP) is 4.84. The Morgan fingerprint density at radius 2 is 1.62 bits per heavy atom. The summed E-state index contributed by atoms with van der Waals surface area (Å²) in [7, 11) is 0. The average Bonchev–Trinajstić information content (AvgIpc) is 2.69. The van der Waals surface area contributed by atoms with Gasteiger partial charge in [-0.2, -0.15) is 0 Å². The van der Waals surface area contributed by atoms with E-state index in [0.29, 0.717) is 11.1 Å². The van der Waals surface area contributed by atoms with Crippen LogP contribution in [0, 0.1) is 0 Å². The molecule has 0 aromatic heterocycles. The fraction of sp³-hybridized carbons (Fsp3) is 0.0455. The van der Waals surface area contributed by atoms with E-state index < -0.39 is 5.97 Å². The normalized spacial score (nSPS) is 10.2. The number of aromatic hydroxyl groups is 1. The van der Waals surface area contributed by atoms with Crippen molar-refractivity contribution in [3.63, 3.8) is 0 Å². The molecular weight excluding hydrogens is 328 g/mol. The van der Waals surface area contributed by atoms with Crippen LogP contribution >= 0.6 is 0 Å². The standard InChI is InChI=1S/C22H18O4/c1-2-15-25-19-14-13-18(16-9-5-3-6-10-16)20(23)21(19)26-22(24)17-11-7-4-8-12-17/h2-14,23H,1,15H2. The van der Waals surface area contributed by atoms with Gasteiger partial charge in [0, 0.05) is 5.56 Å². The van der Waals surface area contributed by atoms with Gasteiger partial charge in [-0.25, -0.2) is 4.79 Å². The molecule has 0 atom stereocenters. The minimum absolute atomic E-state index is 0.0120. The van der Waals surface area contributed by atoms with Gasteiger partial charge in [0.1, 0.15) is 6.61 Å². The Balaban J connectivity index is 2.02. The highest BCUT2D eigenvalue weighted by molar-refractivity contribution is 5.92. The van der Waals surface area contributed by atoms with E-state index in [-0.39, 0.29) is 23.9 Å². The second-order valence-electron chi connectivity index (χ2n) is 5.51. The van der Waals surface area contributed by atoms with Crippen LogP contribution in [0.5, 0.6) is 17.2 Å². The number of esters is 1. The van der Waals surface area contributed by atoms with E-state index in [1.54, 1.807) is 42.5 Å². The Bertz CT molecular complexity index is 902. The molecule has 1 N–H and O–H groups in total. The molecule has 0 fully saturated rings. The van der Waals surface area contributed by atoms with Crippen molar-refractivity contribution in [3.8, 4) is 28.4 Å². The Kier molecular flexibility index (Phi) is 5.34. The maximum Gasteiger partial charge on any atom is 0.343 e. The van der Waals surface area contributed by atoms with Gasteiger partial charge >= 0.3 is 5.97 Å². The highest BCUT2D eigenvalue weighted by Crippen LogP contribution is 2.44. The molecule has 0 bridgehead atoms. The first-order valence-electron chi connectivity index (χ1n) is 8.13. The van der Waals surface area contributed by atoms with Crippen LogP contribution in [0.15, 0.2) is 85.5 Å². The molecule has 130 valence electrons. The SMILES string of the molecule is C=CCOc1ccc(-c2ccccc2)c(O)c1OC(=O)c1ccccc1. The number of hydrogen-bond donors (Lipinski definition) is 1. The summed E-state index contributed by atoms with van der Waals surface area (Å²) in [6.45, 7) is 3.83. The summed E-state index contributed by atoms with van der Waals surface area (Å²) in [5, 5.41) is 10.7. The van der Waals surface area contributed by atoms with E-state index in [2.05, 4.69) is 6.58 Å². The molecule has 0 radical (unpaired) electrons. The Morgan fingerprint density at radius 1 is 0.962 bits per heavy atom. The lowest BCUT2D eigenvalue weighted by Crippen LogP contribution is -2.10. The fourth-order valence-electron chi connectivity index (χ4n) is 2.49. The molecule has 0 heterocycles. The van der Waals surface area contributed by atoms with E-state index in [1.165, 1.54) is 0 Å². The molecule has 4 nitrogen and oxygen atoms in total. The van der Waals surface area contributed by atoms with Crippen LogP contribution in [0.2, 0.25) is 0 Å². The van der Waals surface area contributed by atoms with E-state index >= 15 is 0 Å². The molecule has 0 aliphatic rings. The van der Waals surface area contributed by atoms with Crippen LogP contribution in [0.1, 0.15) is 10.4 Å². The monoisotopic (exact) mass is 346 g/mol. The van der Waals surface area contributed by atoms with Crippen molar-refractivity contribution in [1.29, 1.82) is 0 Å². The van der Waals surface area contributed by atoms with Gasteiger partial charge < -0.3 is 14.6 Å². The van der Waals surface area contributed by atoms with Gasteiger partial charge in [-0.3, -0.25) is 0 Å². The van der Waals surface area contributed by atoms with E-state index in [4.69, 9.17) is 9.47 Å². The van der Waals surface area contributed by atoms with Crippen molar-refractivity contribution in [1.82, 2.24) is 0 Å². The molecule has 3 rings (SSSR count). The first kappa shape index (κ1) is 17.3. The molecule has 0 aliphatic carbocycles. The maximum atomic E-state index is 12.4. The summed E-state index contributed by atoms with van der Waals surface area (Å²) in [5.41, 5.74) is 1.73. The van der Waals surface area contributed by atoms with Gasteiger partial charge in [0.05, 0.1) is 5.56 Å². The highest BCUT2D eigenvalue weighted by Gasteiger charge is 2.20. The van der Waals surface area contributed by atoms with Crippen molar-refractivity contribution < 1.29 is 19.4 Å². The summed E-state index contributed by atoms with van der Waals surface area (Å²) >= 11 is 0. The van der Waals surface area contributed by atoms with Gasteiger partial charge in [0.15, 0.2) is 11.5 Å². The topological polar surface area (TPSA) is 55.8 Å². The third-order valence-corrected chi connectivity index (χ3v) is 3.74. The lowest BCUT2D eigenvalue weighted by atomic mass is 10.0. The van der Waals surface area contributed by atoms with Gasteiger partial charge in [-0.15, -0.1) is 0 Å². The van der Waals surface area contributed by atoms with Crippen LogP contribution in [0.25, 0.3) is 11.1 Å². The molecule has 4 heteroatoms. The zero-order chi connectivity index (χ0) is 18.4. The Hall–Kier alpha value is -3.53. The number of rotatable bonds is 6. The molecule has 0 aliphatic heterocycles. The smallest absolute Gasteiger partial charge is 0.343 e. The van der Waals surface area contributed by atoms with Crippen LogP contribution in [-0.2, 0) is 0 Å². The van der Waals surface area contributed by atoms with Gasteiger partial charge in [-0.1, -0.05) is 61.2 Å². The minimum atomic E-state index is -0.574. The molecular formula is C22H18O4. The van der Waals surface area contributed by atoms with Gasteiger partial charge in [-0.05, 0) is 29.8 Å². The first-order chi connectivity index (χ1) is 12.7. The number of hydrogen-bond acceptors (Lipinski definition) is 4. The quantitative estimate of drug-likeness (QED) is 0.394. The van der Waals surface area contributed by atoms with Crippen LogP contribution in [0.4, 0.5) is 0 Å². The van der Waals surface area contributed by atoms with Crippen molar-refractivity contribution in [2.24, 2.45) is 0 Å². The average molecular weight is 346 g/mol. The number of carbonyl (C=O) groups excluding carboxylic acids is 1. The van der Waals surface area contributed by atoms with Gasteiger partial charge in [0.2, 0.25) is 5.75 Å². The molecule has 0 unspecified atom stereocenters. The van der Waals surface area contributed by atoms with Crippen molar-refractivity contribution in [2.45, 2.75) is 0 Å². The van der Waals surface area contributed by atoms with Gasteiger partial charge in [0.25, 0.3) is 0 Å². The summed E-state index contributed by atoms with van der Waals surface area (Å²) in [6, 6.07) is 21.3. The number of carbonyl (C=O) groups is 1. The van der Waals surface area contributed by atoms with E-state index in [9.17, 15) is 9.90 Å². The third kappa shape index (κ3) is 3.75. The summed E-state index contributed by atoms with van der Waals surface area (Å²) in [6.07, 6.45) is 1.57.